The standard InChI is InChI=1S/C11H20O2/c1-7-10(12)13-11(6,8(2)3)9(4)5/h7-9H,1H2,2-6H3. The van der Waals surface area contributed by atoms with Gasteiger partial charge >= 0.3 is 5.97 Å². The summed E-state index contributed by atoms with van der Waals surface area (Å²) in [5.41, 5.74) is -0.398. The Labute approximate surface area is 81.0 Å². The molecule has 0 aliphatic rings. The second-order valence-corrected chi connectivity index (χ2v) is 4.12. The lowest BCUT2D eigenvalue weighted by Gasteiger charge is -2.36. The zero-order chi connectivity index (χ0) is 10.6. The molecule has 0 aliphatic carbocycles. The Morgan fingerprint density at radius 3 is 1.92 bits per heavy atom. The van der Waals surface area contributed by atoms with Crippen LogP contribution in [0.1, 0.15) is 34.6 Å². The minimum atomic E-state index is -0.398. The monoisotopic (exact) mass is 184 g/mol. The van der Waals surface area contributed by atoms with Gasteiger partial charge in [0, 0.05) is 6.08 Å². The molecule has 0 aromatic rings. The smallest absolute Gasteiger partial charge is 0.330 e. The van der Waals surface area contributed by atoms with E-state index in [4.69, 9.17) is 4.74 Å². The summed E-state index contributed by atoms with van der Waals surface area (Å²) in [5.74, 6) is 0.262. The molecule has 0 fully saturated rings. The van der Waals surface area contributed by atoms with Crippen molar-refractivity contribution in [3.63, 3.8) is 0 Å². The third kappa shape index (κ3) is 2.87. The zero-order valence-corrected chi connectivity index (χ0v) is 9.26. The summed E-state index contributed by atoms with van der Waals surface area (Å²) in [6.07, 6.45) is 1.21. The van der Waals surface area contributed by atoms with Crippen LogP contribution in [-0.2, 0) is 9.53 Å². The maximum absolute atomic E-state index is 11.1. The molecular weight excluding hydrogens is 164 g/mol. The van der Waals surface area contributed by atoms with E-state index in [0.717, 1.165) is 0 Å². The molecule has 13 heavy (non-hydrogen) atoms. The maximum Gasteiger partial charge on any atom is 0.330 e. The van der Waals surface area contributed by atoms with Gasteiger partial charge in [-0.3, -0.25) is 0 Å². The van der Waals surface area contributed by atoms with Gasteiger partial charge in [-0.1, -0.05) is 34.3 Å². The molecule has 0 radical (unpaired) electrons. The Morgan fingerprint density at radius 2 is 1.69 bits per heavy atom. The fourth-order valence-corrected chi connectivity index (χ4v) is 1.16. The van der Waals surface area contributed by atoms with Crippen LogP contribution in [0.3, 0.4) is 0 Å². The molecule has 0 N–H and O–H groups in total. The van der Waals surface area contributed by atoms with Crippen LogP contribution in [0, 0.1) is 11.8 Å². The van der Waals surface area contributed by atoms with Crippen molar-refractivity contribution >= 4 is 5.97 Å². The van der Waals surface area contributed by atoms with Crippen molar-refractivity contribution in [1.82, 2.24) is 0 Å². The fourth-order valence-electron chi connectivity index (χ4n) is 1.16. The molecule has 0 bridgehead atoms. The topological polar surface area (TPSA) is 26.3 Å². The number of carbonyl (C=O) groups excluding carboxylic acids is 1. The van der Waals surface area contributed by atoms with Crippen LogP contribution in [-0.4, -0.2) is 11.6 Å². The Balaban J connectivity index is 4.60. The van der Waals surface area contributed by atoms with Gasteiger partial charge in [0.1, 0.15) is 5.60 Å². The summed E-state index contributed by atoms with van der Waals surface area (Å²) < 4.78 is 5.35. The first-order valence-electron chi connectivity index (χ1n) is 4.70. The van der Waals surface area contributed by atoms with Gasteiger partial charge in [-0.25, -0.2) is 4.79 Å². The van der Waals surface area contributed by atoms with Crippen LogP contribution in [0.2, 0.25) is 0 Å². The molecule has 0 aromatic carbocycles. The molecule has 0 rings (SSSR count). The molecule has 0 saturated heterocycles. The van der Waals surface area contributed by atoms with Gasteiger partial charge in [0.05, 0.1) is 0 Å². The molecule has 2 heteroatoms. The van der Waals surface area contributed by atoms with Crippen LogP contribution < -0.4 is 0 Å². The molecule has 0 aromatic heterocycles. The fraction of sp³-hybridized carbons (Fsp3) is 0.727. The first kappa shape index (κ1) is 12.2. The molecule has 2 nitrogen and oxygen atoms in total. The van der Waals surface area contributed by atoms with E-state index in [-0.39, 0.29) is 5.97 Å². The van der Waals surface area contributed by atoms with Gasteiger partial charge in [-0.2, -0.15) is 0 Å². The largest absolute Gasteiger partial charge is 0.456 e. The number of hydrogen-bond donors (Lipinski definition) is 0. The van der Waals surface area contributed by atoms with Gasteiger partial charge < -0.3 is 4.74 Å². The third-order valence-electron chi connectivity index (χ3n) is 2.78. The van der Waals surface area contributed by atoms with Gasteiger partial charge in [0.2, 0.25) is 0 Å². The molecule has 0 unspecified atom stereocenters. The van der Waals surface area contributed by atoms with Gasteiger partial charge in [-0.05, 0) is 18.8 Å². The highest BCUT2D eigenvalue weighted by molar-refractivity contribution is 5.81. The van der Waals surface area contributed by atoms with E-state index in [1.54, 1.807) is 0 Å². The van der Waals surface area contributed by atoms with Crippen molar-refractivity contribution in [2.24, 2.45) is 11.8 Å². The molecule has 0 amide bonds. The predicted molar refractivity (Wildman–Crippen MR) is 54.4 cm³/mol. The van der Waals surface area contributed by atoms with E-state index in [1.807, 2.05) is 6.92 Å². The van der Waals surface area contributed by atoms with Gasteiger partial charge in [0.25, 0.3) is 0 Å². The number of ether oxygens (including phenoxy) is 1. The zero-order valence-electron chi connectivity index (χ0n) is 9.26. The SMILES string of the molecule is C=CC(=O)OC(C)(C(C)C)C(C)C. The average Bonchev–Trinajstić information content (AvgIpc) is 2.03. The predicted octanol–water partition coefficient (Wildman–Crippen LogP) is 2.79. The lowest BCUT2D eigenvalue weighted by atomic mass is 9.82. The minimum absolute atomic E-state index is 0.302. The van der Waals surface area contributed by atoms with E-state index < -0.39 is 5.60 Å². The van der Waals surface area contributed by atoms with Crippen molar-refractivity contribution in [2.45, 2.75) is 40.2 Å². The van der Waals surface area contributed by atoms with Crippen molar-refractivity contribution in [1.29, 1.82) is 0 Å². The highest BCUT2D eigenvalue weighted by Crippen LogP contribution is 2.29. The minimum Gasteiger partial charge on any atom is -0.456 e. The number of rotatable bonds is 4. The summed E-state index contributed by atoms with van der Waals surface area (Å²) in [6.45, 7) is 13.6. The molecule has 0 atom stereocenters. The summed E-state index contributed by atoms with van der Waals surface area (Å²) in [7, 11) is 0. The maximum atomic E-state index is 11.1. The highest BCUT2D eigenvalue weighted by atomic mass is 16.6. The lowest BCUT2D eigenvalue weighted by Crippen LogP contribution is -2.41. The summed E-state index contributed by atoms with van der Waals surface area (Å²) in [4.78, 5) is 11.1. The molecule has 76 valence electrons. The number of esters is 1. The lowest BCUT2D eigenvalue weighted by molar-refractivity contribution is -0.162. The highest BCUT2D eigenvalue weighted by Gasteiger charge is 2.35. The Hall–Kier alpha value is -0.790. The first-order chi connectivity index (χ1) is 5.84. The van der Waals surface area contributed by atoms with E-state index in [1.165, 1.54) is 6.08 Å². The van der Waals surface area contributed by atoms with Crippen LogP contribution in [0.25, 0.3) is 0 Å². The summed E-state index contributed by atoms with van der Waals surface area (Å²) in [5, 5.41) is 0. The van der Waals surface area contributed by atoms with E-state index in [2.05, 4.69) is 34.3 Å². The third-order valence-corrected chi connectivity index (χ3v) is 2.78. The Bertz CT molecular complexity index is 184. The van der Waals surface area contributed by atoms with Crippen molar-refractivity contribution in [2.75, 3.05) is 0 Å². The summed E-state index contributed by atoms with van der Waals surface area (Å²) in [6, 6.07) is 0. The number of hydrogen-bond acceptors (Lipinski definition) is 2. The first-order valence-corrected chi connectivity index (χ1v) is 4.70. The molecule has 0 heterocycles. The second kappa shape index (κ2) is 4.45. The molecule has 0 aliphatic heterocycles. The van der Waals surface area contributed by atoms with Crippen molar-refractivity contribution in [3.05, 3.63) is 12.7 Å². The van der Waals surface area contributed by atoms with Gasteiger partial charge in [0.15, 0.2) is 0 Å². The molecular formula is C11H20O2. The van der Waals surface area contributed by atoms with Crippen molar-refractivity contribution < 1.29 is 9.53 Å². The second-order valence-electron chi connectivity index (χ2n) is 4.12. The van der Waals surface area contributed by atoms with E-state index >= 15 is 0 Å². The normalized spacial score (nSPS) is 11.9. The van der Waals surface area contributed by atoms with Gasteiger partial charge in [-0.15, -0.1) is 0 Å². The Kier molecular flexibility index (Phi) is 4.18. The summed E-state index contributed by atoms with van der Waals surface area (Å²) >= 11 is 0. The van der Waals surface area contributed by atoms with Crippen LogP contribution in [0.5, 0.6) is 0 Å². The van der Waals surface area contributed by atoms with Crippen LogP contribution >= 0.6 is 0 Å². The van der Waals surface area contributed by atoms with Crippen LogP contribution in [0.15, 0.2) is 12.7 Å². The molecule has 0 saturated carbocycles. The number of carbonyl (C=O) groups is 1. The van der Waals surface area contributed by atoms with E-state index in [9.17, 15) is 4.79 Å². The quantitative estimate of drug-likeness (QED) is 0.496. The van der Waals surface area contributed by atoms with Crippen molar-refractivity contribution in [3.8, 4) is 0 Å². The van der Waals surface area contributed by atoms with E-state index in [0.29, 0.717) is 11.8 Å². The van der Waals surface area contributed by atoms with Crippen LogP contribution in [0.4, 0.5) is 0 Å². The average molecular weight is 184 g/mol. The molecule has 0 spiro atoms. The Morgan fingerprint density at radius 1 is 1.31 bits per heavy atom.